The van der Waals surface area contributed by atoms with Gasteiger partial charge in [-0.1, -0.05) is 5.10 Å². The first-order chi connectivity index (χ1) is 11.6. The lowest BCUT2D eigenvalue weighted by molar-refractivity contribution is -0.141. The van der Waals surface area contributed by atoms with Crippen molar-refractivity contribution >= 4 is 35.5 Å². The van der Waals surface area contributed by atoms with E-state index >= 15 is 0 Å². The molecule has 3 rings (SSSR count). The highest BCUT2D eigenvalue weighted by molar-refractivity contribution is 7.98. The van der Waals surface area contributed by atoms with Gasteiger partial charge in [-0.25, -0.2) is 0 Å². The summed E-state index contributed by atoms with van der Waals surface area (Å²) in [7, 11) is 0. The largest absolute Gasteiger partial charge is 0.403 e. The Balaban J connectivity index is 1.64. The average Bonchev–Trinajstić information content (AvgIpc) is 3.17. The number of nitrogens with zero attached hydrogens (tertiary/aromatic N) is 3. The minimum absolute atomic E-state index is 0.0805. The van der Waals surface area contributed by atoms with Gasteiger partial charge in [-0.2, -0.15) is 0 Å². The number of amides is 3. The zero-order chi connectivity index (χ0) is 17.1. The molecule has 2 heterocycles. The van der Waals surface area contributed by atoms with Crippen LogP contribution >= 0.6 is 11.8 Å². The molecular formula is C15H14N4O4S. The fourth-order valence-electron chi connectivity index (χ4n) is 2.23. The Morgan fingerprint density at radius 2 is 1.88 bits per heavy atom. The maximum Gasteiger partial charge on any atom is 0.322 e. The SMILES string of the molecule is CSc1ccc(-c2nnc(NC(=O)CN3C(=O)CCC3=O)o2)cc1. The van der Waals surface area contributed by atoms with E-state index in [2.05, 4.69) is 15.5 Å². The summed E-state index contributed by atoms with van der Waals surface area (Å²) < 4.78 is 5.38. The van der Waals surface area contributed by atoms with Gasteiger partial charge in [-0.05, 0) is 30.5 Å². The molecular weight excluding hydrogens is 332 g/mol. The lowest BCUT2D eigenvalue weighted by atomic mass is 10.2. The Morgan fingerprint density at radius 3 is 2.50 bits per heavy atom. The molecule has 1 aromatic carbocycles. The van der Waals surface area contributed by atoms with E-state index in [1.807, 2.05) is 30.5 Å². The van der Waals surface area contributed by atoms with Gasteiger partial charge < -0.3 is 4.42 Å². The maximum atomic E-state index is 11.9. The fourth-order valence-corrected chi connectivity index (χ4v) is 2.63. The quantitative estimate of drug-likeness (QED) is 0.646. The van der Waals surface area contributed by atoms with Crippen LogP contribution in [0.4, 0.5) is 6.01 Å². The van der Waals surface area contributed by atoms with Crippen LogP contribution in [0.1, 0.15) is 12.8 Å². The smallest absolute Gasteiger partial charge is 0.322 e. The van der Waals surface area contributed by atoms with Crippen molar-refractivity contribution in [2.24, 2.45) is 0 Å². The third-order valence-corrected chi connectivity index (χ3v) is 4.21. The Bertz CT molecular complexity index is 771. The van der Waals surface area contributed by atoms with Gasteiger partial charge in [0.25, 0.3) is 0 Å². The summed E-state index contributed by atoms with van der Waals surface area (Å²) >= 11 is 1.62. The van der Waals surface area contributed by atoms with Gasteiger partial charge in [0.2, 0.25) is 23.6 Å². The molecule has 8 nitrogen and oxygen atoms in total. The number of anilines is 1. The molecule has 0 atom stereocenters. The van der Waals surface area contributed by atoms with Crippen molar-refractivity contribution < 1.29 is 18.8 Å². The molecule has 3 amide bonds. The molecule has 1 aliphatic heterocycles. The minimum atomic E-state index is -0.563. The van der Waals surface area contributed by atoms with Crippen molar-refractivity contribution in [3.63, 3.8) is 0 Å². The second-order valence-electron chi connectivity index (χ2n) is 5.06. The Morgan fingerprint density at radius 1 is 1.21 bits per heavy atom. The Hall–Kier alpha value is -2.68. The zero-order valence-corrected chi connectivity index (χ0v) is 13.6. The lowest BCUT2D eigenvalue weighted by Crippen LogP contribution is -2.36. The van der Waals surface area contributed by atoms with E-state index < -0.39 is 5.91 Å². The fraction of sp³-hybridized carbons (Fsp3) is 0.267. The van der Waals surface area contributed by atoms with Crippen LogP contribution in [0.25, 0.3) is 11.5 Å². The Kier molecular flexibility index (Phi) is 4.61. The first-order valence-corrected chi connectivity index (χ1v) is 8.40. The number of benzene rings is 1. The van der Waals surface area contributed by atoms with Gasteiger partial charge in [-0.15, -0.1) is 16.9 Å². The number of hydrogen-bond donors (Lipinski definition) is 1. The van der Waals surface area contributed by atoms with Crippen molar-refractivity contribution in [2.45, 2.75) is 17.7 Å². The molecule has 2 aromatic rings. The summed E-state index contributed by atoms with van der Waals surface area (Å²) in [6.07, 6.45) is 2.26. The second kappa shape index (κ2) is 6.83. The highest BCUT2D eigenvalue weighted by Crippen LogP contribution is 2.23. The highest BCUT2D eigenvalue weighted by Gasteiger charge is 2.30. The first kappa shape index (κ1) is 16.2. The number of likely N-dealkylation sites (tertiary alicyclic amines) is 1. The molecule has 1 N–H and O–H groups in total. The van der Waals surface area contributed by atoms with Gasteiger partial charge in [-0.3, -0.25) is 24.6 Å². The molecule has 0 spiro atoms. The first-order valence-electron chi connectivity index (χ1n) is 7.18. The van der Waals surface area contributed by atoms with E-state index in [-0.39, 0.29) is 43.1 Å². The van der Waals surface area contributed by atoms with E-state index in [4.69, 9.17) is 4.42 Å². The topological polar surface area (TPSA) is 105 Å². The molecule has 1 aliphatic rings. The monoisotopic (exact) mass is 346 g/mol. The molecule has 0 unspecified atom stereocenters. The molecule has 0 saturated carbocycles. The summed E-state index contributed by atoms with van der Waals surface area (Å²) in [5.41, 5.74) is 0.727. The third-order valence-electron chi connectivity index (χ3n) is 3.46. The van der Waals surface area contributed by atoms with Crippen molar-refractivity contribution in [1.82, 2.24) is 15.1 Å². The predicted molar refractivity (Wildman–Crippen MR) is 86.1 cm³/mol. The predicted octanol–water partition coefficient (Wildman–Crippen LogP) is 1.55. The summed E-state index contributed by atoms with van der Waals surface area (Å²) in [4.78, 5) is 36.9. The minimum Gasteiger partial charge on any atom is -0.403 e. The van der Waals surface area contributed by atoms with E-state index in [9.17, 15) is 14.4 Å². The van der Waals surface area contributed by atoms with Crippen LogP contribution in [0.2, 0.25) is 0 Å². The molecule has 1 aromatic heterocycles. The Labute approximate surface area is 141 Å². The molecule has 0 radical (unpaired) electrons. The van der Waals surface area contributed by atoms with Gasteiger partial charge in [0, 0.05) is 23.3 Å². The van der Waals surface area contributed by atoms with Crippen molar-refractivity contribution in [3.8, 4) is 11.5 Å². The highest BCUT2D eigenvalue weighted by atomic mass is 32.2. The van der Waals surface area contributed by atoms with Crippen molar-refractivity contribution in [2.75, 3.05) is 18.1 Å². The molecule has 0 aliphatic carbocycles. The summed E-state index contributed by atoms with van der Waals surface area (Å²) in [6, 6.07) is 7.45. The molecule has 9 heteroatoms. The number of rotatable bonds is 5. The normalized spacial score (nSPS) is 14.3. The molecule has 124 valence electrons. The summed E-state index contributed by atoms with van der Waals surface area (Å²) in [5, 5.41) is 10.0. The van der Waals surface area contributed by atoms with Crippen LogP contribution in [0.3, 0.4) is 0 Å². The lowest BCUT2D eigenvalue weighted by Gasteiger charge is -2.11. The van der Waals surface area contributed by atoms with Crippen LogP contribution < -0.4 is 5.32 Å². The van der Waals surface area contributed by atoms with Gasteiger partial charge in [0.05, 0.1) is 0 Å². The summed E-state index contributed by atoms with van der Waals surface area (Å²) in [5.74, 6) is -0.997. The number of thioether (sulfide) groups is 1. The van der Waals surface area contributed by atoms with E-state index in [0.29, 0.717) is 0 Å². The molecule has 24 heavy (non-hydrogen) atoms. The van der Waals surface area contributed by atoms with E-state index in [1.54, 1.807) is 11.8 Å². The number of hydrogen-bond acceptors (Lipinski definition) is 7. The van der Waals surface area contributed by atoms with Crippen LogP contribution in [0, 0.1) is 0 Å². The van der Waals surface area contributed by atoms with Gasteiger partial charge in [0.15, 0.2) is 0 Å². The maximum absolute atomic E-state index is 11.9. The molecule has 1 saturated heterocycles. The number of imide groups is 1. The van der Waals surface area contributed by atoms with Crippen LogP contribution in [0.15, 0.2) is 33.6 Å². The van der Waals surface area contributed by atoms with Gasteiger partial charge in [0.1, 0.15) is 6.54 Å². The number of nitrogens with one attached hydrogen (secondary N) is 1. The number of carbonyl (C=O) groups excluding carboxylic acids is 3. The standard InChI is InChI=1S/C15H14N4O4S/c1-24-10-4-2-9(3-5-10)14-17-18-15(23-14)16-11(20)8-19-12(21)6-7-13(19)22/h2-5H,6-8H2,1H3,(H,16,18,20). The van der Waals surface area contributed by atoms with Crippen molar-refractivity contribution in [3.05, 3.63) is 24.3 Å². The van der Waals surface area contributed by atoms with E-state index in [1.165, 1.54) is 0 Å². The van der Waals surface area contributed by atoms with Crippen LogP contribution in [-0.4, -0.2) is 45.6 Å². The van der Waals surface area contributed by atoms with Crippen molar-refractivity contribution in [1.29, 1.82) is 0 Å². The van der Waals surface area contributed by atoms with Crippen LogP contribution in [0.5, 0.6) is 0 Å². The molecule has 0 bridgehead atoms. The second-order valence-corrected chi connectivity index (χ2v) is 5.94. The molecule has 1 fully saturated rings. The summed E-state index contributed by atoms with van der Waals surface area (Å²) in [6.45, 7) is -0.349. The number of carbonyl (C=O) groups is 3. The van der Waals surface area contributed by atoms with Gasteiger partial charge >= 0.3 is 6.01 Å². The number of aromatic nitrogens is 2. The van der Waals surface area contributed by atoms with Crippen LogP contribution in [-0.2, 0) is 14.4 Å². The van der Waals surface area contributed by atoms with E-state index in [0.717, 1.165) is 15.4 Å². The zero-order valence-electron chi connectivity index (χ0n) is 12.8. The average molecular weight is 346 g/mol. The third kappa shape index (κ3) is 3.46.